The molecule has 0 saturated heterocycles. The van der Waals surface area contributed by atoms with Crippen molar-refractivity contribution in [3.8, 4) is 16.9 Å². The molecule has 1 aliphatic rings. The van der Waals surface area contributed by atoms with Crippen LogP contribution >= 0.6 is 0 Å². The Labute approximate surface area is 215 Å². The van der Waals surface area contributed by atoms with E-state index in [2.05, 4.69) is 72.7 Å². The van der Waals surface area contributed by atoms with Crippen LogP contribution in [0.15, 0.2) is 48.5 Å². The number of nitrogens with zero attached hydrogens (tertiary/aromatic N) is 4. The minimum atomic E-state index is 0.879. The van der Waals surface area contributed by atoms with Crippen molar-refractivity contribution in [2.75, 3.05) is 25.1 Å². The molecule has 2 aromatic heterocycles. The van der Waals surface area contributed by atoms with Gasteiger partial charge in [0.05, 0.1) is 12.8 Å². The molecule has 2 aromatic carbocycles. The smallest absolute Gasteiger partial charge is 0.165 e. The van der Waals surface area contributed by atoms with E-state index in [1.165, 1.54) is 46.6 Å². The van der Waals surface area contributed by atoms with Gasteiger partial charge in [0.2, 0.25) is 0 Å². The molecule has 4 aromatic rings. The molecule has 5 nitrogen and oxygen atoms in total. The fourth-order valence-electron chi connectivity index (χ4n) is 5.67. The first kappa shape index (κ1) is 24.4. The summed E-state index contributed by atoms with van der Waals surface area (Å²) < 4.78 is 7.61. The molecule has 0 unspecified atom stereocenters. The first-order valence-electron chi connectivity index (χ1n) is 13.5. The largest absolute Gasteiger partial charge is 0.497 e. The van der Waals surface area contributed by atoms with E-state index in [4.69, 9.17) is 14.8 Å². The van der Waals surface area contributed by atoms with Crippen LogP contribution in [0.5, 0.6) is 5.75 Å². The Morgan fingerprint density at radius 3 is 2.58 bits per heavy atom. The van der Waals surface area contributed by atoms with Gasteiger partial charge in [-0.25, -0.2) is 4.98 Å². The summed E-state index contributed by atoms with van der Waals surface area (Å²) in [4.78, 5) is 7.80. The molecule has 188 valence electrons. The van der Waals surface area contributed by atoms with Gasteiger partial charge >= 0.3 is 0 Å². The average Bonchev–Trinajstić information content (AvgIpc) is 3.48. The van der Waals surface area contributed by atoms with Crippen LogP contribution < -0.4 is 9.64 Å². The molecule has 1 aliphatic carbocycles. The van der Waals surface area contributed by atoms with Crippen LogP contribution in [-0.4, -0.2) is 34.8 Å². The summed E-state index contributed by atoms with van der Waals surface area (Å²) in [5, 5.41) is 5.11. The Bertz CT molecular complexity index is 1340. The van der Waals surface area contributed by atoms with Crippen molar-refractivity contribution in [1.29, 1.82) is 0 Å². The van der Waals surface area contributed by atoms with Crippen molar-refractivity contribution < 1.29 is 4.74 Å². The van der Waals surface area contributed by atoms with Crippen LogP contribution in [0.25, 0.3) is 16.8 Å². The third kappa shape index (κ3) is 4.71. The predicted molar refractivity (Wildman–Crippen MR) is 148 cm³/mol. The van der Waals surface area contributed by atoms with Crippen molar-refractivity contribution in [3.63, 3.8) is 0 Å². The third-order valence-electron chi connectivity index (χ3n) is 7.42. The fraction of sp³-hybridized carbons (Fsp3) is 0.419. The standard InChI is InChI=1S/C31H38N4O/c1-5-19-34(20-10-9-14-24-12-7-6-8-13-24)31-27-15-11-16-28(27)32-30-29(23(3)33-35(30)31)26-18-17-25(36-4)21-22(26)2/h6-8,12-13,17-18,21H,5,9-11,14-16,19-20H2,1-4H3. The number of benzene rings is 2. The molecule has 0 spiro atoms. The van der Waals surface area contributed by atoms with Gasteiger partial charge in [0.1, 0.15) is 11.6 Å². The molecular formula is C31H38N4O. The molecule has 0 N–H and O–H groups in total. The van der Waals surface area contributed by atoms with Crippen LogP contribution in [0.2, 0.25) is 0 Å². The second kappa shape index (κ2) is 10.7. The number of aryl methyl sites for hydroxylation is 4. The topological polar surface area (TPSA) is 42.7 Å². The number of ether oxygens (including phenoxy) is 1. The summed E-state index contributed by atoms with van der Waals surface area (Å²) in [5.41, 5.74) is 9.62. The maximum Gasteiger partial charge on any atom is 0.165 e. The number of methoxy groups -OCH3 is 1. The SMILES string of the molecule is CCCN(CCCCc1ccccc1)c1c2c(nc3c(-c4ccc(OC)cc4C)c(C)nn13)CCC2. The quantitative estimate of drug-likeness (QED) is 0.235. The highest BCUT2D eigenvalue weighted by Crippen LogP contribution is 2.37. The van der Waals surface area contributed by atoms with Gasteiger partial charge in [0, 0.05) is 29.9 Å². The molecule has 0 saturated carbocycles. The van der Waals surface area contributed by atoms with Crippen LogP contribution in [-0.2, 0) is 19.3 Å². The summed E-state index contributed by atoms with van der Waals surface area (Å²) in [5.74, 6) is 2.15. The highest BCUT2D eigenvalue weighted by Gasteiger charge is 2.27. The van der Waals surface area contributed by atoms with E-state index in [1.54, 1.807) is 7.11 Å². The van der Waals surface area contributed by atoms with Gasteiger partial charge in [-0.05, 0) is 87.6 Å². The molecule has 0 atom stereocenters. The van der Waals surface area contributed by atoms with Crippen molar-refractivity contribution in [2.45, 2.75) is 65.7 Å². The molecule has 0 bridgehead atoms. The molecule has 2 heterocycles. The highest BCUT2D eigenvalue weighted by atomic mass is 16.5. The number of fused-ring (bicyclic) bond motifs is 2. The Hall–Kier alpha value is -3.34. The number of hydrogen-bond acceptors (Lipinski definition) is 4. The van der Waals surface area contributed by atoms with Crippen molar-refractivity contribution in [3.05, 3.63) is 76.6 Å². The van der Waals surface area contributed by atoms with Gasteiger partial charge in [0.25, 0.3) is 0 Å². The molecular weight excluding hydrogens is 444 g/mol. The maximum atomic E-state index is 5.45. The molecule has 5 heteroatoms. The molecule has 0 radical (unpaired) electrons. The Kier molecular flexibility index (Phi) is 7.26. The Balaban J connectivity index is 1.52. The van der Waals surface area contributed by atoms with Gasteiger partial charge in [-0.3, -0.25) is 0 Å². The van der Waals surface area contributed by atoms with E-state index in [1.807, 2.05) is 6.07 Å². The van der Waals surface area contributed by atoms with Crippen LogP contribution in [0, 0.1) is 13.8 Å². The first-order chi connectivity index (χ1) is 17.6. The molecule has 0 aliphatic heterocycles. The lowest BCUT2D eigenvalue weighted by Crippen LogP contribution is -2.29. The van der Waals surface area contributed by atoms with Crippen molar-refractivity contribution >= 4 is 11.5 Å². The molecule has 5 rings (SSSR count). The van der Waals surface area contributed by atoms with Gasteiger partial charge < -0.3 is 9.64 Å². The number of anilines is 1. The Morgan fingerprint density at radius 2 is 1.83 bits per heavy atom. The van der Waals surface area contributed by atoms with E-state index >= 15 is 0 Å². The summed E-state index contributed by atoms with van der Waals surface area (Å²) in [6.45, 7) is 8.61. The minimum Gasteiger partial charge on any atom is -0.497 e. The van der Waals surface area contributed by atoms with Crippen molar-refractivity contribution in [2.24, 2.45) is 0 Å². The highest BCUT2D eigenvalue weighted by molar-refractivity contribution is 5.83. The number of hydrogen-bond donors (Lipinski definition) is 0. The zero-order valence-electron chi connectivity index (χ0n) is 22.2. The van der Waals surface area contributed by atoms with Gasteiger partial charge in [0.15, 0.2) is 5.65 Å². The monoisotopic (exact) mass is 482 g/mol. The van der Waals surface area contributed by atoms with Gasteiger partial charge in [-0.1, -0.05) is 43.3 Å². The average molecular weight is 483 g/mol. The summed E-state index contributed by atoms with van der Waals surface area (Å²) in [6, 6.07) is 17.1. The second-order valence-corrected chi connectivity index (χ2v) is 10.0. The molecule has 0 fully saturated rings. The zero-order chi connectivity index (χ0) is 25.1. The minimum absolute atomic E-state index is 0.879. The third-order valence-corrected chi connectivity index (χ3v) is 7.42. The summed E-state index contributed by atoms with van der Waals surface area (Å²) in [7, 11) is 1.72. The number of unbranched alkanes of at least 4 members (excludes halogenated alkanes) is 1. The lowest BCUT2D eigenvalue weighted by atomic mass is 10.0. The molecule has 0 amide bonds. The maximum absolute atomic E-state index is 5.45. The first-order valence-corrected chi connectivity index (χ1v) is 13.5. The van der Waals surface area contributed by atoms with E-state index in [0.717, 1.165) is 67.8 Å². The van der Waals surface area contributed by atoms with Gasteiger partial charge in [-0.2, -0.15) is 9.61 Å². The number of aromatic nitrogens is 3. The lowest BCUT2D eigenvalue weighted by molar-refractivity contribution is 0.414. The van der Waals surface area contributed by atoms with E-state index < -0.39 is 0 Å². The van der Waals surface area contributed by atoms with Crippen molar-refractivity contribution in [1.82, 2.24) is 14.6 Å². The van der Waals surface area contributed by atoms with Crippen LogP contribution in [0.3, 0.4) is 0 Å². The van der Waals surface area contributed by atoms with E-state index in [0.29, 0.717) is 0 Å². The predicted octanol–water partition coefficient (Wildman–Crippen LogP) is 6.75. The summed E-state index contributed by atoms with van der Waals surface area (Å²) in [6.07, 6.45) is 7.92. The summed E-state index contributed by atoms with van der Waals surface area (Å²) >= 11 is 0. The van der Waals surface area contributed by atoms with Crippen LogP contribution in [0.1, 0.15) is 60.7 Å². The Morgan fingerprint density at radius 1 is 1.00 bits per heavy atom. The van der Waals surface area contributed by atoms with E-state index in [9.17, 15) is 0 Å². The van der Waals surface area contributed by atoms with Crippen LogP contribution in [0.4, 0.5) is 5.82 Å². The lowest BCUT2D eigenvalue weighted by Gasteiger charge is -2.27. The fourth-order valence-corrected chi connectivity index (χ4v) is 5.67. The second-order valence-electron chi connectivity index (χ2n) is 10.0. The van der Waals surface area contributed by atoms with Gasteiger partial charge in [-0.15, -0.1) is 0 Å². The molecule has 36 heavy (non-hydrogen) atoms. The zero-order valence-corrected chi connectivity index (χ0v) is 22.2. The number of rotatable bonds is 10. The van der Waals surface area contributed by atoms with E-state index in [-0.39, 0.29) is 0 Å². The normalized spacial score (nSPS) is 12.8.